The van der Waals surface area contributed by atoms with Crippen molar-refractivity contribution in [1.29, 1.82) is 0 Å². The van der Waals surface area contributed by atoms with Crippen LogP contribution in [0.5, 0.6) is 5.88 Å². The summed E-state index contributed by atoms with van der Waals surface area (Å²) in [7, 11) is 2.06. The van der Waals surface area contributed by atoms with E-state index in [0.29, 0.717) is 5.69 Å². The van der Waals surface area contributed by atoms with E-state index in [2.05, 4.69) is 56.5 Å². The van der Waals surface area contributed by atoms with Gasteiger partial charge in [0, 0.05) is 47.4 Å². The van der Waals surface area contributed by atoms with Crippen LogP contribution >= 0.6 is 0 Å². The zero-order chi connectivity index (χ0) is 24.7. The summed E-state index contributed by atoms with van der Waals surface area (Å²) in [6, 6.07) is 6.04. The summed E-state index contributed by atoms with van der Waals surface area (Å²) in [5.74, 6) is 3.37. The minimum atomic E-state index is 0.0980. The van der Waals surface area contributed by atoms with Gasteiger partial charge >= 0.3 is 0 Å². The largest absolute Gasteiger partial charge is 0.474 e. The van der Waals surface area contributed by atoms with Gasteiger partial charge in [0.15, 0.2) is 0 Å². The summed E-state index contributed by atoms with van der Waals surface area (Å²) in [5.41, 5.74) is 10.3. The highest BCUT2D eigenvalue weighted by molar-refractivity contribution is 6.01. The van der Waals surface area contributed by atoms with Crippen molar-refractivity contribution in [2.45, 2.75) is 53.1 Å². The van der Waals surface area contributed by atoms with Gasteiger partial charge in [-0.2, -0.15) is 0 Å². The van der Waals surface area contributed by atoms with E-state index in [0.717, 1.165) is 69.9 Å². The number of hydrogen-bond donors (Lipinski definition) is 0. The van der Waals surface area contributed by atoms with Gasteiger partial charge in [-0.1, -0.05) is 18.1 Å². The fraction of sp³-hybridized carbons (Fsp3) is 0.310. The molecule has 1 aliphatic rings. The first-order chi connectivity index (χ1) is 16.9. The molecule has 0 aromatic carbocycles. The van der Waals surface area contributed by atoms with E-state index < -0.39 is 0 Å². The molecule has 5 rings (SSSR count). The number of fused-ring (bicyclic) bond motifs is 1. The van der Waals surface area contributed by atoms with Crippen molar-refractivity contribution in [3.05, 3.63) is 70.6 Å². The first kappa shape index (κ1) is 22.8. The Labute approximate surface area is 206 Å². The van der Waals surface area contributed by atoms with E-state index in [4.69, 9.17) is 11.2 Å². The molecule has 35 heavy (non-hydrogen) atoms. The van der Waals surface area contributed by atoms with Crippen LogP contribution in [0.15, 0.2) is 36.8 Å². The number of pyridine rings is 2. The molecule has 6 heteroatoms. The Morgan fingerprint density at radius 3 is 2.63 bits per heavy atom. The third kappa shape index (κ3) is 4.08. The molecule has 4 aromatic rings. The zero-order valence-corrected chi connectivity index (χ0v) is 20.9. The molecule has 0 bridgehead atoms. The van der Waals surface area contributed by atoms with Crippen molar-refractivity contribution < 1.29 is 4.74 Å². The molecule has 176 valence electrons. The number of aryl methyl sites for hydroxylation is 5. The maximum atomic E-state index is 6.31. The molecule has 6 nitrogen and oxygen atoms in total. The van der Waals surface area contributed by atoms with Gasteiger partial charge in [-0.3, -0.25) is 0 Å². The Balaban J connectivity index is 1.58. The number of terminal acetylenes is 1. The highest BCUT2D eigenvalue weighted by atomic mass is 16.5. The molecule has 0 radical (unpaired) electrons. The van der Waals surface area contributed by atoms with Crippen molar-refractivity contribution in [2.75, 3.05) is 0 Å². The molecule has 4 aromatic heterocycles. The van der Waals surface area contributed by atoms with Gasteiger partial charge < -0.3 is 9.30 Å². The van der Waals surface area contributed by atoms with E-state index in [9.17, 15) is 0 Å². The number of rotatable bonds is 4. The average molecular weight is 464 g/mol. The lowest BCUT2D eigenvalue weighted by atomic mass is 9.88. The molecule has 4 heterocycles. The molecule has 1 atom stereocenters. The lowest BCUT2D eigenvalue weighted by Gasteiger charge is -2.24. The van der Waals surface area contributed by atoms with E-state index in [1.54, 1.807) is 6.33 Å². The Kier molecular flexibility index (Phi) is 5.86. The SMILES string of the molecule is C#Cc1cc(C)c(-c2c(C3=CCC(Oc4nc(C)ccc4C)CC3)c3c(C)ncnc3n2C)cn1. The minimum absolute atomic E-state index is 0.0980. The summed E-state index contributed by atoms with van der Waals surface area (Å²) in [5, 5.41) is 1.09. The van der Waals surface area contributed by atoms with Crippen LogP contribution in [0.4, 0.5) is 0 Å². The molecule has 0 fully saturated rings. The number of ether oxygens (including phenoxy) is 1. The Bertz CT molecular complexity index is 1520. The smallest absolute Gasteiger partial charge is 0.216 e. The average Bonchev–Trinajstić information content (AvgIpc) is 3.15. The second-order valence-electron chi connectivity index (χ2n) is 9.29. The van der Waals surface area contributed by atoms with Gasteiger partial charge in [-0.05, 0) is 63.8 Å². The lowest BCUT2D eigenvalue weighted by Crippen LogP contribution is -2.20. The van der Waals surface area contributed by atoms with Crippen LogP contribution < -0.4 is 4.74 Å². The molecule has 1 aliphatic carbocycles. The van der Waals surface area contributed by atoms with E-state index >= 15 is 0 Å². The van der Waals surface area contributed by atoms with Crippen LogP contribution in [0, 0.1) is 40.0 Å². The van der Waals surface area contributed by atoms with Crippen LogP contribution in [0.2, 0.25) is 0 Å². The first-order valence-corrected chi connectivity index (χ1v) is 11.9. The highest BCUT2D eigenvalue weighted by Crippen LogP contribution is 2.42. The number of aromatic nitrogens is 5. The Hall–Kier alpha value is -3.98. The van der Waals surface area contributed by atoms with Crippen LogP contribution in [-0.4, -0.2) is 30.6 Å². The summed E-state index contributed by atoms with van der Waals surface area (Å²) in [6.45, 7) is 8.16. The lowest BCUT2D eigenvalue weighted by molar-refractivity contribution is 0.183. The topological polar surface area (TPSA) is 65.7 Å². The fourth-order valence-corrected chi connectivity index (χ4v) is 4.93. The minimum Gasteiger partial charge on any atom is -0.474 e. The number of allylic oxidation sites excluding steroid dienone is 1. The van der Waals surface area contributed by atoms with Gasteiger partial charge in [0.05, 0.1) is 11.4 Å². The van der Waals surface area contributed by atoms with Gasteiger partial charge in [-0.25, -0.2) is 19.9 Å². The van der Waals surface area contributed by atoms with Gasteiger partial charge in [0.1, 0.15) is 23.8 Å². The normalized spacial score (nSPS) is 15.7. The van der Waals surface area contributed by atoms with E-state index in [1.807, 2.05) is 39.1 Å². The van der Waals surface area contributed by atoms with Crippen LogP contribution in [0.1, 0.15) is 53.0 Å². The zero-order valence-electron chi connectivity index (χ0n) is 20.9. The second-order valence-corrected chi connectivity index (χ2v) is 9.29. The van der Waals surface area contributed by atoms with Crippen molar-refractivity contribution in [3.8, 4) is 29.5 Å². The van der Waals surface area contributed by atoms with E-state index in [1.165, 1.54) is 11.1 Å². The molecule has 0 saturated carbocycles. The summed E-state index contributed by atoms with van der Waals surface area (Å²) < 4.78 is 8.47. The molecular formula is C29H29N5O. The molecular weight excluding hydrogens is 434 g/mol. The van der Waals surface area contributed by atoms with Crippen LogP contribution in [0.25, 0.3) is 27.9 Å². The van der Waals surface area contributed by atoms with Gasteiger partial charge in [0.25, 0.3) is 0 Å². The predicted molar refractivity (Wildman–Crippen MR) is 139 cm³/mol. The molecule has 0 N–H and O–H groups in total. The summed E-state index contributed by atoms with van der Waals surface area (Å²) in [6.07, 6.45) is 14.1. The third-order valence-corrected chi connectivity index (χ3v) is 6.82. The Morgan fingerprint density at radius 1 is 1.09 bits per heavy atom. The predicted octanol–water partition coefficient (Wildman–Crippen LogP) is 5.66. The monoisotopic (exact) mass is 463 g/mol. The van der Waals surface area contributed by atoms with Crippen molar-refractivity contribution in [2.24, 2.45) is 7.05 Å². The third-order valence-electron chi connectivity index (χ3n) is 6.82. The van der Waals surface area contributed by atoms with Crippen molar-refractivity contribution >= 4 is 16.6 Å². The van der Waals surface area contributed by atoms with Crippen LogP contribution in [-0.2, 0) is 7.05 Å². The molecule has 0 spiro atoms. The van der Waals surface area contributed by atoms with Crippen molar-refractivity contribution in [3.63, 3.8) is 0 Å². The summed E-state index contributed by atoms with van der Waals surface area (Å²) in [4.78, 5) is 18.2. The highest BCUT2D eigenvalue weighted by Gasteiger charge is 2.27. The maximum absolute atomic E-state index is 6.31. The van der Waals surface area contributed by atoms with Crippen LogP contribution in [0.3, 0.4) is 0 Å². The number of nitrogens with zero attached hydrogens (tertiary/aromatic N) is 5. The standard InChI is InChI=1S/C29H29N5O/c1-7-22-14-18(3)24(15-30-22)27-26(25-20(5)31-16-32-28(25)34(27)6)21-10-12-23(13-11-21)35-29-17(2)8-9-19(4)33-29/h1,8-10,14-16,23H,11-13H2,2-6H3. The molecule has 0 amide bonds. The van der Waals surface area contributed by atoms with Gasteiger partial charge in [0.2, 0.25) is 5.88 Å². The number of hydrogen-bond acceptors (Lipinski definition) is 5. The quantitative estimate of drug-likeness (QED) is 0.366. The molecule has 0 aliphatic heterocycles. The fourth-order valence-electron chi connectivity index (χ4n) is 4.93. The summed E-state index contributed by atoms with van der Waals surface area (Å²) >= 11 is 0. The molecule has 0 saturated heterocycles. The maximum Gasteiger partial charge on any atom is 0.216 e. The van der Waals surface area contributed by atoms with Gasteiger partial charge in [-0.15, -0.1) is 6.42 Å². The van der Waals surface area contributed by atoms with Crippen molar-refractivity contribution in [1.82, 2.24) is 24.5 Å². The van der Waals surface area contributed by atoms with E-state index in [-0.39, 0.29) is 6.10 Å². The molecule has 1 unspecified atom stereocenters. The second kappa shape index (κ2) is 8.99. The first-order valence-electron chi connectivity index (χ1n) is 11.9. The Morgan fingerprint density at radius 2 is 1.91 bits per heavy atom.